The summed E-state index contributed by atoms with van der Waals surface area (Å²) in [4.78, 5) is 12.0. The molecule has 1 unspecified atom stereocenters. The molecule has 23 heavy (non-hydrogen) atoms. The van der Waals surface area contributed by atoms with Crippen LogP contribution in [0.1, 0.15) is 6.92 Å². The summed E-state index contributed by atoms with van der Waals surface area (Å²) in [5.74, 6) is -2.42. The van der Waals surface area contributed by atoms with Crippen LogP contribution in [0.5, 0.6) is 0 Å². The SMILES string of the molecule is C[SiH](C)OC(C)(O[SiH3])C(C(=O)O)=C(O[Si](C)(C)C)O[Si](C)(C)C. The number of rotatable bonds is 9. The normalized spacial score (nSPS) is 15.2. The fraction of sp³-hybridized carbons (Fsp3) is 0.769. The summed E-state index contributed by atoms with van der Waals surface area (Å²) in [6, 6.07) is 0. The molecule has 0 aromatic rings. The Labute approximate surface area is 146 Å². The molecule has 0 saturated carbocycles. The van der Waals surface area contributed by atoms with E-state index in [0.29, 0.717) is 10.5 Å². The van der Waals surface area contributed by atoms with Crippen molar-refractivity contribution >= 4 is 42.1 Å². The van der Waals surface area contributed by atoms with Gasteiger partial charge in [0, 0.05) is 0 Å². The first-order chi connectivity index (χ1) is 10.1. The van der Waals surface area contributed by atoms with Gasteiger partial charge in [-0.25, -0.2) is 4.79 Å². The van der Waals surface area contributed by atoms with E-state index in [0.717, 1.165) is 0 Å². The zero-order valence-electron chi connectivity index (χ0n) is 16.1. The van der Waals surface area contributed by atoms with Crippen molar-refractivity contribution in [2.75, 3.05) is 0 Å². The highest BCUT2D eigenvalue weighted by atomic mass is 28.4. The highest BCUT2D eigenvalue weighted by Crippen LogP contribution is 2.30. The molecule has 0 aliphatic carbocycles. The van der Waals surface area contributed by atoms with Crippen LogP contribution in [0.2, 0.25) is 52.4 Å². The van der Waals surface area contributed by atoms with Crippen LogP contribution in [-0.2, 0) is 22.5 Å². The van der Waals surface area contributed by atoms with Crippen LogP contribution >= 0.6 is 0 Å². The van der Waals surface area contributed by atoms with Crippen molar-refractivity contribution in [3.63, 3.8) is 0 Å². The Morgan fingerprint density at radius 2 is 1.43 bits per heavy atom. The highest BCUT2D eigenvalue weighted by Gasteiger charge is 2.42. The van der Waals surface area contributed by atoms with Crippen LogP contribution in [0.4, 0.5) is 0 Å². The highest BCUT2D eigenvalue weighted by molar-refractivity contribution is 6.71. The van der Waals surface area contributed by atoms with Crippen molar-refractivity contribution in [2.45, 2.75) is 65.1 Å². The zero-order valence-corrected chi connectivity index (χ0v) is 21.2. The molecule has 0 radical (unpaired) electrons. The third-order valence-corrected chi connectivity index (χ3v) is 5.82. The van der Waals surface area contributed by atoms with Crippen LogP contribution in [-0.4, -0.2) is 53.0 Å². The largest absolute Gasteiger partial charge is 0.520 e. The Hall–Kier alpha value is -0.402. The monoisotopic (exact) mass is 396 g/mol. The first kappa shape index (κ1) is 22.6. The number of aliphatic carboxylic acids is 1. The Balaban J connectivity index is 6.25. The molecular weight excluding hydrogens is 364 g/mol. The van der Waals surface area contributed by atoms with Gasteiger partial charge in [0.15, 0.2) is 20.4 Å². The molecule has 0 bridgehead atoms. The second-order valence-corrected chi connectivity index (χ2v) is 19.3. The fourth-order valence-corrected chi connectivity index (χ4v) is 4.89. The molecule has 0 fully saturated rings. The smallest absolute Gasteiger partial charge is 0.344 e. The topological polar surface area (TPSA) is 74.2 Å². The van der Waals surface area contributed by atoms with Crippen LogP contribution in [0.25, 0.3) is 0 Å². The van der Waals surface area contributed by atoms with E-state index in [2.05, 4.69) is 0 Å². The van der Waals surface area contributed by atoms with Gasteiger partial charge in [-0.3, -0.25) is 0 Å². The van der Waals surface area contributed by atoms with Crippen molar-refractivity contribution in [2.24, 2.45) is 0 Å². The minimum absolute atomic E-state index is 0.0591. The molecule has 0 aromatic heterocycles. The lowest BCUT2D eigenvalue weighted by Crippen LogP contribution is -2.44. The lowest BCUT2D eigenvalue weighted by molar-refractivity contribution is -0.141. The van der Waals surface area contributed by atoms with Gasteiger partial charge in [0.2, 0.25) is 16.6 Å². The van der Waals surface area contributed by atoms with Gasteiger partial charge in [-0.15, -0.1) is 0 Å². The summed E-state index contributed by atoms with van der Waals surface area (Å²) in [5.41, 5.74) is -0.0708. The van der Waals surface area contributed by atoms with Crippen molar-refractivity contribution in [3.05, 3.63) is 11.5 Å². The minimum Gasteiger partial charge on any atom is -0.520 e. The number of carbonyl (C=O) groups is 1. The van der Waals surface area contributed by atoms with Crippen molar-refractivity contribution in [1.29, 1.82) is 0 Å². The molecule has 0 spiro atoms. The lowest BCUT2D eigenvalue weighted by Gasteiger charge is -2.35. The van der Waals surface area contributed by atoms with Crippen molar-refractivity contribution in [1.82, 2.24) is 0 Å². The van der Waals surface area contributed by atoms with Crippen LogP contribution in [0, 0.1) is 0 Å². The molecule has 0 heterocycles. The summed E-state index contributed by atoms with van der Waals surface area (Å²) >= 11 is 0. The maximum absolute atomic E-state index is 12.0. The van der Waals surface area contributed by atoms with Crippen LogP contribution in [0.3, 0.4) is 0 Å². The van der Waals surface area contributed by atoms with Gasteiger partial charge in [0.1, 0.15) is 10.5 Å². The van der Waals surface area contributed by atoms with E-state index in [9.17, 15) is 9.90 Å². The molecule has 0 saturated heterocycles. The number of carboxylic acid groups (broad SMARTS) is 1. The van der Waals surface area contributed by atoms with Gasteiger partial charge < -0.3 is 22.8 Å². The first-order valence-electron chi connectivity index (χ1n) is 7.70. The van der Waals surface area contributed by atoms with Crippen LogP contribution in [0.15, 0.2) is 11.5 Å². The number of hydrogen-bond donors (Lipinski definition) is 1. The first-order valence-corrected chi connectivity index (χ1v) is 18.1. The average molecular weight is 397 g/mol. The fourth-order valence-electron chi connectivity index (χ4n) is 1.80. The standard InChI is InChI=1S/C13H32O6Si4/c1-13(18-20,19-21(2)3)10(11(14)15)12(16-22(4,5)6)17-23(7,8)9/h21H,1-9,20H3,(H,14,15). The van der Waals surface area contributed by atoms with Gasteiger partial charge in [0.25, 0.3) is 5.95 Å². The van der Waals surface area contributed by atoms with Crippen molar-refractivity contribution in [3.8, 4) is 0 Å². The summed E-state index contributed by atoms with van der Waals surface area (Å²) < 4.78 is 23.4. The lowest BCUT2D eigenvalue weighted by atomic mass is 10.1. The molecular formula is C13H32O6Si4. The van der Waals surface area contributed by atoms with E-state index >= 15 is 0 Å². The Bertz CT molecular complexity index is 434. The van der Waals surface area contributed by atoms with Gasteiger partial charge >= 0.3 is 5.97 Å². The van der Waals surface area contributed by atoms with E-state index in [4.69, 9.17) is 17.7 Å². The Morgan fingerprint density at radius 1 is 1.04 bits per heavy atom. The third-order valence-electron chi connectivity index (χ3n) is 2.52. The molecule has 1 N–H and O–H groups in total. The zero-order chi connectivity index (χ0) is 18.6. The predicted molar refractivity (Wildman–Crippen MR) is 103 cm³/mol. The second-order valence-electron chi connectivity index (χ2n) is 7.71. The summed E-state index contributed by atoms with van der Waals surface area (Å²) in [6.07, 6.45) is 0. The molecule has 0 rings (SSSR count). The van der Waals surface area contributed by atoms with E-state index in [-0.39, 0.29) is 11.5 Å². The average Bonchev–Trinajstić information content (AvgIpc) is 2.22. The number of hydrogen-bond acceptors (Lipinski definition) is 5. The third kappa shape index (κ3) is 8.31. The second kappa shape index (κ2) is 8.12. The minimum atomic E-state index is -2.07. The molecule has 10 heteroatoms. The van der Waals surface area contributed by atoms with E-state index in [1.807, 2.05) is 52.4 Å². The van der Waals surface area contributed by atoms with Gasteiger partial charge in [-0.05, 0) is 59.3 Å². The molecule has 6 nitrogen and oxygen atoms in total. The van der Waals surface area contributed by atoms with E-state index < -0.39 is 37.4 Å². The van der Waals surface area contributed by atoms with Crippen molar-refractivity contribution < 1.29 is 27.6 Å². The van der Waals surface area contributed by atoms with Gasteiger partial charge in [0.05, 0.1) is 0 Å². The molecule has 0 amide bonds. The van der Waals surface area contributed by atoms with Gasteiger partial charge in [-0.1, -0.05) is 0 Å². The molecule has 0 aromatic carbocycles. The Morgan fingerprint density at radius 3 is 1.65 bits per heavy atom. The molecule has 1 atom stereocenters. The summed E-state index contributed by atoms with van der Waals surface area (Å²) in [7, 11) is -5.36. The maximum atomic E-state index is 12.0. The summed E-state index contributed by atoms with van der Waals surface area (Å²) in [6.45, 7) is 17.5. The molecule has 0 aliphatic heterocycles. The quantitative estimate of drug-likeness (QED) is 0.278. The number of carboxylic acids is 1. The summed E-state index contributed by atoms with van der Waals surface area (Å²) in [5, 5.41) is 9.80. The maximum Gasteiger partial charge on any atom is 0.344 e. The van der Waals surface area contributed by atoms with E-state index in [1.165, 1.54) is 0 Å². The molecule has 0 aliphatic rings. The molecule has 136 valence electrons. The predicted octanol–water partition coefficient (Wildman–Crippen LogP) is 2.00. The van der Waals surface area contributed by atoms with Crippen LogP contribution < -0.4 is 0 Å². The van der Waals surface area contributed by atoms with Gasteiger partial charge in [-0.2, -0.15) is 0 Å². The van der Waals surface area contributed by atoms with E-state index in [1.54, 1.807) is 6.92 Å². The Kier molecular flexibility index (Phi) is 7.98.